The summed E-state index contributed by atoms with van der Waals surface area (Å²) in [5, 5.41) is 13.6. The van der Waals surface area contributed by atoms with E-state index in [1.165, 1.54) is 12.1 Å². The maximum Gasteiger partial charge on any atom is 0.252 e. The van der Waals surface area contributed by atoms with Crippen LogP contribution < -0.4 is 5.56 Å². The molecule has 0 bridgehead atoms. The number of aromatic nitrogens is 5. The Morgan fingerprint density at radius 1 is 1.12 bits per heavy atom. The summed E-state index contributed by atoms with van der Waals surface area (Å²) in [4.78, 5) is 18.3. The van der Waals surface area contributed by atoms with Gasteiger partial charge in [0.25, 0.3) is 5.56 Å². The van der Waals surface area contributed by atoms with Crippen molar-refractivity contribution >= 4 is 10.9 Å². The van der Waals surface area contributed by atoms with Gasteiger partial charge in [-0.05, 0) is 79.3 Å². The average Bonchev–Trinajstić information content (AvgIpc) is 3.27. The molecule has 178 valence electrons. The Labute approximate surface area is 198 Å². The van der Waals surface area contributed by atoms with E-state index in [-0.39, 0.29) is 23.0 Å². The van der Waals surface area contributed by atoms with E-state index in [4.69, 9.17) is 0 Å². The Kier molecular flexibility index (Phi) is 6.61. The highest BCUT2D eigenvalue weighted by molar-refractivity contribution is 5.81. The lowest BCUT2D eigenvalue weighted by atomic mass is 10.0. The quantitative estimate of drug-likeness (QED) is 0.424. The maximum absolute atomic E-state index is 13.5. The van der Waals surface area contributed by atoms with Gasteiger partial charge >= 0.3 is 0 Å². The molecule has 2 heterocycles. The molecule has 1 atom stereocenters. The smallest absolute Gasteiger partial charge is 0.252 e. The summed E-state index contributed by atoms with van der Waals surface area (Å²) in [6, 6.07) is 14.2. The second kappa shape index (κ2) is 9.46. The molecule has 0 spiro atoms. The highest BCUT2D eigenvalue weighted by Gasteiger charge is 2.29. The third-order valence-corrected chi connectivity index (χ3v) is 6.09. The minimum absolute atomic E-state index is 0.115. The Morgan fingerprint density at radius 3 is 2.53 bits per heavy atom. The minimum atomic E-state index is -0.300. The second-order valence-electron chi connectivity index (χ2n) is 9.74. The molecule has 7 nitrogen and oxygen atoms in total. The van der Waals surface area contributed by atoms with Gasteiger partial charge in [0.1, 0.15) is 5.82 Å². The predicted octanol–water partition coefficient (Wildman–Crippen LogP) is 4.87. The zero-order valence-electron chi connectivity index (χ0n) is 20.3. The number of hydrogen-bond acceptors (Lipinski definition) is 5. The fraction of sp³-hybridized carbons (Fsp3) is 0.385. The molecule has 4 rings (SSSR count). The van der Waals surface area contributed by atoms with E-state index in [0.29, 0.717) is 18.7 Å². The number of pyridine rings is 1. The summed E-state index contributed by atoms with van der Waals surface area (Å²) in [5.41, 5.74) is 3.07. The van der Waals surface area contributed by atoms with Gasteiger partial charge in [-0.1, -0.05) is 37.3 Å². The van der Waals surface area contributed by atoms with E-state index in [0.717, 1.165) is 34.3 Å². The number of rotatable bonds is 7. The lowest BCUT2D eigenvalue weighted by Gasteiger charge is -2.32. The summed E-state index contributed by atoms with van der Waals surface area (Å²) in [6.45, 7) is 11.1. The number of benzene rings is 2. The van der Waals surface area contributed by atoms with Crippen LogP contribution in [0.1, 0.15) is 62.7 Å². The number of aryl methyl sites for hydroxylation is 1. The zero-order chi connectivity index (χ0) is 24.5. The number of fused-ring (bicyclic) bond motifs is 1. The molecule has 2 aromatic heterocycles. The number of halogens is 1. The molecule has 0 aliphatic carbocycles. The molecule has 34 heavy (non-hydrogen) atoms. The third kappa shape index (κ3) is 4.92. The van der Waals surface area contributed by atoms with Gasteiger partial charge in [-0.3, -0.25) is 9.69 Å². The van der Waals surface area contributed by atoms with Crippen LogP contribution in [0.5, 0.6) is 0 Å². The average molecular weight is 463 g/mol. The molecule has 0 aliphatic heterocycles. The summed E-state index contributed by atoms with van der Waals surface area (Å²) in [7, 11) is 0. The molecule has 0 radical (unpaired) electrons. The lowest BCUT2D eigenvalue weighted by molar-refractivity contribution is 0.153. The number of para-hydroxylation sites is 1. The van der Waals surface area contributed by atoms with Gasteiger partial charge in [-0.2, -0.15) is 0 Å². The van der Waals surface area contributed by atoms with E-state index in [1.807, 2.05) is 35.9 Å². The monoisotopic (exact) mass is 462 g/mol. The molecule has 0 unspecified atom stereocenters. The van der Waals surface area contributed by atoms with E-state index >= 15 is 0 Å². The van der Waals surface area contributed by atoms with Crippen LogP contribution in [0, 0.1) is 12.7 Å². The van der Waals surface area contributed by atoms with Crippen molar-refractivity contribution in [2.24, 2.45) is 0 Å². The summed E-state index contributed by atoms with van der Waals surface area (Å²) in [6.07, 6.45) is 0.738. The number of aromatic amines is 1. The number of nitrogens with one attached hydrogen (secondary N) is 1. The summed E-state index contributed by atoms with van der Waals surface area (Å²) in [5.74, 6) is 0.463. The van der Waals surface area contributed by atoms with E-state index in [1.54, 1.807) is 12.1 Å². The van der Waals surface area contributed by atoms with Crippen LogP contribution in [0.3, 0.4) is 0 Å². The predicted molar refractivity (Wildman–Crippen MR) is 131 cm³/mol. The Bertz CT molecular complexity index is 1340. The van der Waals surface area contributed by atoms with Gasteiger partial charge in [-0.15, -0.1) is 5.10 Å². The largest absolute Gasteiger partial charge is 0.321 e. The molecule has 1 N–H and O–H groups in total. The van der Waals surface area contributed by atoms with Crippen molar-refractivity contribution in [3.63, 3.8) is 0 Å². The van der Waals surface area contributed by atoms with E-state index < -0.39 is 0 Å². The molecular formula is C26H31FN6O. The number of tetrazole rings is 1. The van der Waals surface area contributed by atoms with Gasteiger partial charge in [-0.25, -0.2) is 9.07 Å². The minimum Gasteiger partial charge on any atom is -0.321 e. The molecule has 2 aromatic carbocycles. The summed E-state index contributed by atoms with van der Waals surface area (Å²) >= 11 is 0. The van der Waals surface area contributed by atoms with Gasteiger partial charge in [0.15, 0.2) is 5.82 Å². The zero-order valence-corrected chi connectivity index (χ0v) is 20.3. The van der Waals surface area contributed by atoms with Crippen LogP contribution in [-0.2, 0) is 18.6 Å². The van der Waals surface area contributed by atoms with E-state index in [9.17, 15) is 9.18 Å². The highest BCUT2D eigenvalue weighted by atomic mass is 19.1. The van der Waals surface area contributed by atoms with Crippen molar-refractivity contribution in [1.29, 1.82) is 0 Å². The lowest BCUT2D eigenvalue weighted by Crippen LogP contribution is -2.35. The number of H-pyrrole nitrogens is 1. The van der Waals surface area contributed by atoms with Crippen LogP contribution >= 0.6 is 0 Å². The van der Waals surface area contributed by atoms with Crippen LogP contribution in [0.15, 0.2) is 53.3 Å². The third-order valence-electron chi connectivity index (χ3n) is 6.09. The van der Waals surface area contributed by atoms with Gasteiger partial charge in [0.05, 0.1) is 17.1 Å². The molecule has 0 saturated heterocycles. The van der Waals surface area contributed by atoms with E-state index in [2.05, 4.69) is 53.1 Å². The Balaban J connectivity index is 1.77. The molecule has 0 saturated carbocycles. The van der Waals surface area contributed by atoms with Crippen LogP contribution in [0.2, 0.25) is 0 Å². The SMILES string of the molecule is CC[C@@H](c1nnnn1C(C)(C)C)N(Cc1ccc(F)cc1)Cc1cc2cccc(C)c2[nH]c1=O. The van der Waals surface area contributed by atoms with Crippen molar-refractivity contribution in [3.05, 3.63) is 87.2 Å². The number of hydrogen-bond donors (Lipinski definition) is 1. The Morgan fingerprint density at radius 2 is 1.85 bits per heavy atom. The standard InChI is InChI=1S/C26H31FN6O/c1-6-22(24-29-30-31-33(24)26(3,4)5)32(15-18-10-12-21(27)13-11-18)16-20-14-19-9-7-8-17(2)23(19)28-25(20)34/h7-14,22H,6,15-16H2,1-5H3,(H,28,34)/t22-/m0/s1. The molecule has 4 aromatic rings. The second-order valence-corrected chi connectivity index (χ2v) is 9.74. The maximum atomic E-state index is 13.5. The first-order chi connectivity index (χ1) is 16.2. The number of nitrogens with zero attached hydrogens (tertiary/aromatic N) is 5. The first kappa shape index (κ1) is 23.8. The van der Waals surface area contributed by atoms with Crippen molar-refractivity contribution in [2.45, 2.75) is 65.7 Å². The Hall–Kier alpha value is -3.39. The summed E-state index contributed by atoms with van der Waals surface area (Å²) < 4.78 is 15.4. The molecule has 0 amide bonds. The highest BCUT2D eigenvalue weighted by Crippen LogP contribution is 2.29. The van der Waals surface area contributed by atoms with Crippen molar-refractivity contribution in [2.75, 3.05) is 0 Å². The van der Waals surface area contributed by atoms with Crippen molar-refractivity contribution < 1.29 is 4.39 Å². The van der Waals surface area contributed by atoms with Gasteiger partial charge < -0.3 is 4.98 Å². The fourth-order valence-electron chi connectivity index (χ4n) is 4.35. The first-order valence-electron chi connectivity index (χ1n) is 11.6. The topological polar surface area (TPSA) is 79.7 Å². The van der Waals surface area contributed by atoms with Crippen LogP contribution in [0.4, 0.5) is 4.39 Å². The normalized spacial score (nSPS) is 13.0. The molecule has 0 fully saturated rings. The molecule has 0 aliphatic rings. The van der Waals surface area contributed by atoms with Crippen molar-refractivity contribution in [1.82, 2.24) is 30.1 Å². The van der Waals surface area contributed by atoms with Crippen molar-refractivity contribution in [3.8, 4) is 0 Å². The molecule has 8 heteroatoms. The van der Waals surface area contributed by atoms with Crippen LogP contribution in [-0.4, -0.2) is 30.1 Å². The fourth-order valence-corrected chi connectivity index (χ4v) is 4.35. The first-order valence-corrected chi connectivity index (χ1v) is 11.6. The van der Waals surface area contributed by atoms with Crippen LogP contribution in [0.25, 0.3) is 10.9 Å². The molecular weight excluding hydrogens is 431 g/mol. The van der Waals surface area contributed by atoms with Gasteiger partial charge in [0, 0.05) is 18.7 Å². The van der Waals surface area contributed by atoms with Gasteiger partial charge in [0.2, 0.25) is 0 Å².